The van der Waals surface area contributed by atoms with E-state index in [-0.39, 0.29) is 0 Å². The van der Waals surface area contributed by atoms with Gasteiger partial charge in [0.25, 0.3) is 0 Å². The van der Waals surface area contributed by atoms with Crippen molar-refractivity contribution < 1.29 is 0 Å². The van der Waals surface area contributed by atoms with Gasteiger partial charge in [0.15, 0.2) is 0 Å². The molecule has 0 fully saturated rings. The summed E-state index contributed by atoms with van der Waals surface area (Å²) in [6, 6.07) is 12.9. The van der Waals surface area contributed by atoms with Crippen molar-refractivity contribution in [1.82, 2.24) is 0 Å². The van der Waals surface area contributed by atoms with Crippen LogP contribution in [-0.2, 0) is 0 Å². The Labute approximate surface area is 108 Å². The molecule has 0 saturated carbocycles. The lowest BCUT2D eigenvalue weighted by Crippen LogP contribution is -2.22. The summed E-state index contributed by atoms with van der Waals surface area (Å²) in [5.41, 5.74) is 2.56. The van der Waals surface area contributed by atoms with Crippen LogP contribution in [0.15, 0.2) is 41.4 Å². The van der Waals surface area contributed by atoms with E-state index in [4.69, 9.17) is 4.99 Å². The van der Waals surface area contributed by atoms with Gasteiger partial charge in [0, 0.05) is 24.5 Å². The van der Waals surface area contributed by atoms with E-state index in [2.05, 4.69) is 55.3 Å². The van der Waals surface area contributed by atoms with Crippen LogP contribution in [0.4, 0.5) is 5.69 Å². The van der Waals surface area contributed by atoms with Crippen LogP contribution >= 0.6 is 0 Å². The van der Waals surface area contributed by atoms with E-state index < -0.39 is 0 Å². The Hall–Kier alpha value is -1.83. The van der Waals surface area contributed by atoms with Gasteiger partial charge < -0.3 is 4.90 Å². The second-order valence-electron chi connectivity index (χ2n) is 4.80. The largest absolute Gasteiger partial charge is 0.329 e. The third kappa shape index (κ3) is 1.60. The van der Waals surface area contributed by atoms with Gasteiger partial charge in [-0.15, -0.1) is 0 Å². The molecule has 2 aromatic rings. The highest BCUT2D eigenvalue weighted by Crippen LogP contribution is 2.36. The molecule has 0 spiro atoms. The van der Waals surface area contributed by atoms with Crippen LogP contribution in [0.2, 0.25) is 0 Å². The van der Waals surface area contributed by atoms with Crippen LogP contribution in [0.3, 0.4) is 0 Å². The molecule has 18 heavy (non-hydrogen) atoms. The molecule has 2 aromatic carbocycles. The molecule has 0 aromatic heterocycles. The minimum Gasteiger partial charge on any atom is -0.329 e. The highest BCUT2D eigenvalue weighted by Gasteiger charge is 2.24. The summed E-state index contributed by atoms with van der Waals surface area (Å²) in [7, 11) is 2.11. The topological polar surface area (TPSA) is 15.6 Å². The van der Waals surface area contributed by atoms with Crippen molar-refractivity contribution >= 4 is 22.3 Å². The number of benzene rings is 2. The Balaban J connectivity index is 2.13. The molecule has 0 atom stereocenters. The average molecular weight is 238 g/mol. The Kier molecular flexibility index (Phi) is 2.78. The van der Waals surface area contributed by atoms with Gasteiger partial charge in [0.2, 0.25) is 0 Å². The average Bonchev–Trinajstić information content (AvgIpc) is 2.67. The van der Waals surface area contributed by atoms with Crippen LogP contribution in [-0.4, -0.2) is 19.4 Å². The Morgan fingerprint density at radius 2 is 1.89 bits per heavy atom. The zero-order valence-corrected chi connectivity index (χ0v) is 11.0. The first kappa shape index (κ1) is 11.3. The molecular formula is C16H18N2. The zero-order chi connectivity index (χ0) is 12.5. The zero-order valence-electron chi connectivity index (χ0n) is 11.0. The minimum atomic E-state index is 0.917. The third-order valence-electron chi connectivity index (χ3n) is 3.58. The summed E-state index contributed by atoms with van der Waals surface area (Å²) in [6.07, 6.45) is 2.35. The maximum absolute atomic E-state index is 4.78. The van der Waals surface area contributed by atoms with Crippen LogP contribution in [0.25, 0.3) is 10.8 Å². The molecule has 3 rings (SSSR count). The first-order valence-electron chi connectivity index (χ1n) is 6.63. The number of anilines is 1. The maximum atomic E-state index is 4.78. The Bertz CT molecular complexity index is 608. The van der Waals surface area contributed by atoms with E-state index in [1.807, 2.05) is 0 Å². The van der Waals surface area contributed by atoms with Gasteiger partial charge in [-0.2, -0.15) is 0 Å². The summed E-state index contributed by atoms with van der Waals surface area (Å²) in [5.74, 6) is 1.12. The number of nitrogens with zero attached hydrogens (tertiary/aromatic N) is 2. The Morgan fingerprint density at radius 1 is 1.11 bits per heavy atom. The molecule has 2 nitrogen and oxygen atoms in total. The highest BCUT2D eigenvalue weighted by molar-refractivity contribution is 6.26. The summed E-state index contributed by atoms with van der Waals surface area (Å²) >= 11 is 0. The fourth-order valence-corrected chi connectivity index (χ4v) is 2.62. The summed E-state index contributed by atoms with van der Waals surface area (Å²) in [6.45, 7) is 3.12. The third-order valence-corrected chi connectivity index (χ3v) is 3.58. The van der Waals surface area contributed by atoms with E-state index in [1.165, 1.54) is 28.4 Å². The van der Waals surface area contributed by atoms with Gasteiger partial charge in [0.1, 0.15) is 5.84 Å². The predicted octanol–water partition coefficient (Wildman–Crippen LogP) is 3.84. The SMILES string of the molecule is CCCCN=C1c2cccc3cccc(c23)N1C. The van der Waals surface area contributed by atoms with E-state index >= 15 is 0 Å². The summed E-state index contributed by atoms with van der Waals surface area (Å²) in [4.78, 5) is 6.99. The predicted molar refractivity (Wildman–Crippen MR) is 78.7 cm³/mol. The molecule has 0 unspecified atom stereocenters. The van der Waals surface area contributed by atoms with E-state index in [0.717, 1.165) is 18.8 Å². The van der Waals surface area contributed by atoms with Gasteiger partial charge >= 0.3 is 0 Å². The van der Waals surface area contributed by atoms with Gasteiger partial charge in [0.05, 0.1) is 5.69 Å². The van der Waals surface area contributed by atoms with Crippen LogP contribution in [0.1, 0.15) is 25.3 Å². The second-order valence-corrected chi connectivity index (χ2v) is 4.80. The molecule has 0 N–H and O–H groups in total. The molecular weight excluding hydrogens is 220 g/mol. The monoisotopic (exact) mass is 238 g/mol. The molecule has 0 saturated heterocycles. The molecule has 0 amide bonds. The fraction of sp³-hybridized carbons (Fsp3) is 0.312. The quantitative estimate of drug-likeness (QED) is 0.742. The van der Waals surface area contributed by atoms with Crippen molar-refractivity contribution in [2.24, 2.45) is 4.99 Å². The fourth-order valence-electron chi connectivity index (χ4n) is 2.62. The highest BCUT2D eigenvalue weighted by atomic mass is 15.2. The first-order valence-corrected chi connectivity index (χ1v) is 6.63. The number of amidine groups is 1. The molecule has 1 heterocycles. The van der Waals surface area contributed by atoms with Crippen molar-refractivity contribution in [2.45, 2.75) is 19.8 Å². The number of aliphatic imine (C=N–C) groups is 1. The van der Waals surface area contributed by atoms with Gasteiger partial charge in [-0.25, -0.2) is 0 Å². The molecule has 1 aliphatic heterocycles. The lowest BCUT2D eigenvalue weighted by molar-refractivity contribution is 0.807. The summed E-state index contributed by atoms with van der Waals surface area (Å²) < 4.78 is 0. The van der Waals surface area contributed by atoms with Crippen molar-refractivity contribution in [2.75, 3.05) is 18.5 Å². The first-order chi connectivity index (χ1) is 8.83. The molecule has 1 aliphatic rings. The second kappa shape index (κ2) is 4.45. The number of rotatable bonds is 3. The molecule has 0 radical (unpaired) electrons. The van der Waals surface area contributed by atoms with E-state index in [1.54, 1.807) is 0 Å². The molecule has 2 heteroatoms. The minimum absolute atomic E-state index is 0.917. The van der Waals surface area contributed by atoms with Gasteiger partial charge in [-0.3, -0.25) is 4.99 Å². The van der Waals surface area contributed by atoms with Crippen LogP contribution < -0.4 is 4.90 Å². The smallest absolute Gasteiger partial charge is 0.135 e. The van der Waals surface area contributed by atoms with Crippen molar-refractivity contribution in [3.05, 3.63) is 42.0 Å². The van der Waals surface area contributed by atoms with Gasteiger partial charge in [-0.1, -0.05) is 43.7 Å². The number of unbranched alkanes of at least 4 members (excludes halogenated alkanes) is 1. The lowest BCUT2D eigenvalue weighted by atomic mass is 10.1. The Morgan fingerprint density at radius 3 is 2.67 bits per heavy atom. The number of hydrogen-bond donors (Lipinski definition) is 0. The normalized spacial score (nSPS) is 15.9. The van der Waals surface area contributed by atoms with Gasteiger partial charge in [-0.05, 0) is 17.9 Å². The van der Waals surface area contributed by atoms with Crippen molar-refractivity contribution in [3.8, 4) is 0 Å². The number of hydrogen-bond acceptors (Lipinski definition) is 1. The van der Waals surface area contributed by atoms with E-state index in [0.29, 0.717) is 0 Å². The molecule has 0 bridgehead atoms. The van der Waals surface area contributed by atoms with Crippen molar-refractivity contribution in [1.29, 1.82) is 0 Å². The van der Waals surface area contributed by atoms with Crippen LogP contribution in [0, 0.1) is 0 Å². The standard InChI is InChI=1S/C16H18N2/c1-3-4-11-17-16-13-9-5-7-12-8-6-10-14(15(12)13)18(16)2/h5-10H,3-4,11H2,1-2H3. The molecule has 92 valence electrons. The lowest BCUT2D eigenvalue weighted by Gasteiger charge is -2.14. The summed E-state index contributed by atoms with van der Waals surface area (Å²) in [5, 5.41) is 2.65. The van der Waals surface area contributed by atoms with Crippen LogP contribution in [0.5, 0.6) is 0 Å². The van der Waals surface area contributed by atoms with E-state index in [9.17, 15) is 0 Å². The molecule has 0 aliphatic carbocycles. The maximum Gasteiger partial charge on any atom is 0.135 e. The van der Waals surface area contributed by atoms with Crippen molar-refractivity contribution in [3.63, 3.8) is 0 Å².